The fourth-order valence-corrected chi connectivity index (χ4v) is 5.19. The normalized spacial score (nSPS) is 13.3. The van der Waals surface area contributed by atoms with E-state index in [9.17, 15) is 39.6 Å². The van der Waals surface area contributed by atoms with Gasteiger partial charge in [0, 0.05) is 37.2 Å². The molecule has 0 spiro atoms. The molecule has 0 amide bonds. The Morgan fingerprint density at radius 3 is 1.22 bits per heavy atom. The van der Waals surface area contributed by atoms with Crippen LogP contribution in [0.2, 0.25) is 0 Å². The van der Waals surface area contributed by atoms with Gasteiger partial charge in [0.25, 0.3) is 0 Å². The minimum Gasteiger partial charge on any atom is -0.507 e. The van der Waals surface area contributed by atoms with Crippen molar-refractivity contribution in [3.63, 3.8) is 0 Å². The lowest BCUT2D eigenvalue weighted by Gasteiger charge is -2.23. The van der Waals surface area contributed by atoms with Gasteiger partial charge in [-0.05, 0) is 60.8 Å². The third-order valence-corrected chi connectivity index (χ3v) is 7.88. The number of carboxylic acids is 2. The molecule has 2 rings (SSSR count). The first-order valence-electron chi connectivity index (χ1n) is 15.6. The molecule has 0 saturated heterocycles. The van der Waals surface area contributed by atoms with Crippen LogP contribution in [0.15, 0.2) is 24.3 Å². The summed E-state index contributed by atoms with van der Waals surface area (Å²) in [4.78, 5) is 49.7. The number of benzene rings is 2. The topological polar surface area (TPSA) is 168 Å². The molecule has 10 heteroatoms. The van der Waals surface area contributed by atoms with Crippen LogP contribution in [0.1, 0.15) is 110 Å². The monoisotopic (exact) mass is 642 g/mol. The van der Waals surface area contributed by atoms with E-state index in [-0.39, 0.29) is 74.7 Å². The van der Waals surface area contributed by atoms with E-state index in [2.05, 4.69) is 0 Å². The molecule has 2 atom stereocenters. The highest BCUT2D eigenvalue weighted by Gasteiger charge is 2.29. The molecule has 46 heavy (non-hydrogen) atoms. The predicted molar refractivity (Wildman–Crippen MR) is 174 cm³/mol. The molecule has 0 bridgehead atoms. The molecule has 2 unspecified atom stereocenters. The molecule has 4 N–H and O–H groups in total. The van der Waals surface area contributed by atoms with Gasteiger partial charge in [0.05, 0.1) is 36.2 Å². The van der Waals surface area contributed by atoms with Crippen LogP contribution in [-0.2, 0) is 29.9 Å². The summed E-state index contributed by atoms with van der Waals surface area (Å²) in [5.41, 5.74) is 2.24. The number of rotatable bonds is 17. The Labute approximate surface area is 271 Å². The number of phenolic OH excluding ortho intramolecular Hbond substituents is 2. The lowest BCUT2D eigenvalue weighted by Crippen LogP contribution is -2.22. The van der Waals surface area contributed by atoms with Gasteiger partial charge < -0.3 is 29.9 Å². The van der Waals surface area contributed by atoms with Crippen molar-refractivity contribution in [2.45, 2.75) is 91.9 Å². The summed E-state index contributed by atoms with van der Waals surface area (Å²) in [5.74, 6) is -5.46. The number of hydrogen-bond donors (Lipinski definition) is 4. The maximum absolute atomic E-state index is 13.0. The Balaban J connectivity index is 1.84. The highest BCUT2D eigenvalue weighted by molar-refractivity contribution is 6.01. The van der Waals surface area contributed by atoms with Gasteiger partial charge in [-0.3, -0.25) is 19.2 Å². The molecule has 0 aliphatic rings. The van der Waals surface area contributed by atoms with Crippen molar-refractivity contribution in [2.24, 2.45) is 11.8 Å². The number of phenols is 2. The maximum Gasteiger partial charge on any atom is 0.307 e. The Bertz CT molecular complexity index is 1300. The molecule has 0 heterocycles. The Hall–Kier alpha value is -3.76. The van der Waals surface area contributed by atoms with Crippen molar-refractivity contribution >= 4 is 23.5 Å². The number of ether oxygens (including phenoxy) is 2. The minimum absolute atomic E-state index is 0.0590. The summed E-state index contributed by atoms with van der Waals surface area (Å²) in [6, 6.07) is 6.77. The lowest BCUT2D eigenvalue weighted by molar-refractivity contribution is -0.143. The molecular formula is C36H50O10. The van der Waals surface area contributed by atoms with Crippen LogP contribution in [0.25, 0.3) is 0 Å². The van der Waals surface area contributed by atoms with Crippen molar-refractivity contribution in [1.82, 2.24) is 0 Å². The van der Waals surface area contributed by atoms with Crippen LogP contribution in [0, 0.1) is 25.7 Å². The molecule has 10 nitrogen and oxygen atoms in total. The van der Waals surface area contributed by atoms with Gasteiger partial charge in [0.15, 0.2) is 11.6 Å². The lowest BCUT2D eigenvalue weighted by atomic mass is 9.83. The van der Waals surface area contributed by atoms with Gasteiger partial charge in [0.2, 0.25) is 0 Å². The molecule has 0 fully saturated rings. The number of Topliss-reactive ketones (excluding diaryl/α,β-unsaturated/α-hetero) is 2. The predicted octanol–water partition coefficient (Wildman–Crippen LogP) is 6.37. The van der Waals surface area contributed by atoms with E-state index in [0.717, 1.165) is 11.1 Å². The number of aromatic hydroxyl groups is 2. The molecule has 0 aliphatic carbocycles. The Morgan fingerprint density at radius 1 is 0.609 bits per heavy atom. The SMILES string of the molecule is Cc1cc(C(=O)CC(CCOCCOCCC(CC(=O)c2cc(C)cc(C(C)(C)C)c2O)C(=O)O)C(=O)O)c(O)c(C(C)(C)C)c1. The number of hydrogen-bond acceptors (Lipinski definition) is 8. The largest absolute Gasteiger partial charge is 0.507 e. The summed E-state index contributed by atoms with van der Waals surface area (Å²) >= 11 is 0. The zero-order chi connectivity index (χ0) is 35.0. The highest BCUT2D eigenvalue weighted by atomic mass is 16.5. The summed E-state index contributed by atoms with van der Waals surface area (Å²) in [6.45, 7) is 15.5. The van der Waals surface area contributed by atoms with Crippen LogP contribution in [0.5, 0.6) is 11.5 Å². The fourth-order valence-electron chi connectivity index (χ4n) is 5.19. The molecular weight excluding hydrogens is 592 g/mol. The van der Waals surface area contributed by atoms with E-state index in [1.54, 1.807) is 12.1 Å². The van der Waals surface area contributed by atoms with E-state index in [0.29, 0.717) is 11.1 Å². The molecule has 0 saturated carbocycles. The van der Waals surface area contributed by atoms with E-state index >= 15 is 0 Å². The van der Waals surface area contributed by atoms with Crippen molar-refractivity contribution in [1.29, 1.82) is 0 Å². The van der Waals surface area contributed by atoms with Crippen molar-refractivity contribution < 1.29 is 49.1 Å². The summed E-state index contributed by atoms with van der Waals surface area (Å²) < 4.78 is 11.0. The zero-order valence-electron chi connectivity index (χ0n) is 28.4. The number of aliphatic carboxylic acids is 2. The smallest absolute Gasteiger partial charge is 0.307 e. The van der Waals surface area contributed by atoms with E-state index < -0.39 is 46.2 Å². The second kappa shape index (κ2) is 16.2. The quantitative estimate of drug-likeness (QED) is 0.112. The molecule has 254 valence electrons. The second-order valence-corrected chi connectivity index (χ2v) is 14.0. The number of ketones is 2. The zero-order valence-corrected chi connectivity index (χ0v) is 28.4. The van der Waals surface area contributed by atoms with Crippen LogP contribution < -0.4 is 0 Å². The number of carbonyl (C=O) groups excluding carboxylic acids is 2. The average molecular weight is 643 g/mol. The third-order valence-electron chi connectivity index (χ3n) is 7.88. The summed E-state index contributed by atoms with van der Waals surface area (Å²) in [6.07, 6.45) is -0.427. The number of carboxylic acid groups (broad SMARTS) is 2. The van der Waals surface area contributed by atoms with Crippen molar-refractivity contribution in [3.8, 4) is 11.5 Å². The number of aryl methyl sites for hydroxylation is 2. The highest BCUT2D eigenvalue weighted by Crippen LogP contribution is 2.36. The Kier molecular flexibility index (Phi) is 13.5. The first kappa shape index (κ1) is 38.4. The molecule has 2 aromatic rings. The first-order valence-corrected chi connectivity index (χ1v) is 15.6. The first-order chi connectivity index (χ1) is 21.2. The van der Waals surface area contributed by atoms with Gasteiger partial charge >= 0.3 is 11.9 Å². The maximum atomic E-state index is 13.0. The van der Waals surface area contributed by atoms with Gasteiger partial charge in [0.1, 0.15) is 11.5 Å². The van der Waals surface area contributed by atoms with Gasteiger partial charge in [-0.25, -0.2) is 0 Å². The standard InChI is InChI=1S/C36H50O10/c1-21-15-25(31(39)27(17-21)35(3,4)5)29(37)19-23(33(41)42)9-11-45-13-14-46-12-10-24(34(43)44)20-30(38)26-16-22(2)18-28(32(26)40)36(6,7)8/h15-18,23-24,39-40H,9-14,19-20H2,1-8H3,(H,41,42)(H,43,44). The average Bonchev–Trinajstić information content (AvgIpc) is 2.93. The second-order valence-electron chi connectivity index (χ2n) is 14.0. The van der Waals surface area contributed by atoms with E-state index in [1.165, 1.54) is 0 Å². The van der Waals surface area contributed by atoms with Gasteiger partial charge in [-0.15, -0.1) is 0 Å². The number of carbonyl (C=O) groups is 4. The van der Waals surface area contributed by atoms with Crippen LogP contribution in [0.4, 0.5) is 0 Å². The summed E-state index contributed by atoms with van der Waals surface area (Å²) in [5, 5.41) is 40.8. The Morgan fingerprint density at radius 2 is 0.935 bits per heavy atom. The summed E-state index contributed by atoms with van der Waals surface area (Å²) in [7, 11) is 0. The van der Waals surface area contributed by atoms with Crippen molar-refractivity contribution in [2.75, 3.05) is 26.4 Å². The van der Waals surface area contributed by atoms with E-state index in [4.69, 9.17) is 9.47 Å². The molecule has 0 radical (unpaired) electrons. The van der Waals surface area contributed by atoms with Gasteiger partial charge in [-0.1, -0.05) is 53.7 Å². The minimum atomic E-state index is -1.14. The van der Waals surface area contributed by atoms with Crippen LogP contribution in [0.3, 0.4) is 0 Å². The van der Waals surface area contributed by atoms with Crippen LogP contribution >= 0.6 is 0 Å². The van der Waals surface area contributed by atoms with Crippen molar-refractivity contribution in [3.05, 3.63) is 57.6 Å². The van der Waals surface area contributed by atoms with Crippen LogP contribution in [-0.4, -0.2) is 70.4 Å². The third kappa shape index (κ3) is 10.9. The molecule has 2 aromatic carbocycles. The molecule has 0 aliphatic heterocycles. The molecule has 0 aromatic heterocycles. The van der Waals surface area contributed by atoms with Gasteiger partial charge in [-0.2, -0.15) is 0 Å². The fraction of sp³-hybridized carbons (Fsp3) is 0.556. The van der Waals surface area contributed by atoms with E-state index in [1.807, 2.05) is 67.5 Å².